The van der Waals surface area contributed by atoms with E-state index in [2.05, 4.69) is 5.16 Å². The Balaban J connectivity index is 2.21. The molecule has 0 saturated carbocycles. The molecule has 0 amide bonds. The highest BCUT2D eigenvalue weighted by atomic mass is 35.5. The zero-order chi connectivity index (χ0) is 22.1. The summed E-state index contributed by atoms with van der Waals surface area (Å²) >= 11 is 12.2. The second-order valence-corrected chi connectivity index (χ2v) is 6.40. The molecule has 0 bridgehead atoms. The first-order valence-electron chi connectivity index (χ1n) is 8.40. The summed E-state index contributed by atoms with van der Waals surface area (Å²) in [6.45, 7) is -0.344. The van der Waals surface area contributed by atoms with Crippen molar-refractivity contribution in [3.8, 4) is 11.5 Å². The molecule has 2 aromatic rings. The average Bonchev–Trinajstić information content (AvgIpc) is 2.72. The molecule has 0 N–H and O–H groups in total. The second-order valence-electron chi connectivity index (χ2n) is 5.58. The molecule has 30 heavy (non-hydrogen) atoms. The Kier molecular flexibility index (Phi) is 8.89. The van der Waals surface area contributed by atoms with Gasteiger partial charge in [-0.3, -0.25) is 0 Å². The molecule has 0 atom stereocenters. The summed E-state index contributed by atoms with van der Waals surface area (Å²) < 4.78 is 39.9. The van der Waals surface area contributed by atoms with Crippen LogP contribution in [0.5, 0.6) is 11.5 Å². The number of oxime groups is 1. The van der Waals surface area contributed by atoms with E-state index in [0.29, 0.717) is 23.0 Å². The number of carbonyl (C=O) groups excluding carboxylic acids is 1. The van der Waals surface area contributed by atoms with Crippen LogP contribution in [0, 0.1) is 0 Å². The molecule has 0 aromatic heterocycles. The monoisotopic (exact) mass is 459 g/mol. The van der Waals surface area contributed by atoms with Crippen molar-refractivity contribution in [3.05, 3.63) is 69.7 Å². The van der Waals surface area contributed by atoms with Crippen molar-refractivity contribution in [1.29, 1.82) is 0 Å². The number of esters is 1. The van der Waals surface area contributed by atoms with Gasteiger partial charge in [0.25, 0.3) is 6.08 Å². The molecule has 160 valence electrons. The van der Waals surface area contributed by atoms with Crippen LogP contribution in [-0.4, -0.2) is 32.5 Å². The standard InChI is InChI=1S/C20H17Cl2F2NO5/c1-27-20(26)18(25-28-2)14-6-4-3-5-12(14)11-30-13-9-15(21)19(16(22)10-13)29-8-7-17(23)24/h3-7,9-10H,8,11H2,1-2H3. The normalized spacial score (nSPS) is 10.9. The lowest BCUT2D eigenvalue weighted by molar-refractivity contribution is -0.132. The fourth-order valence-electron chi connectivity index (χ4n) is 2.37. The van der Waals surface area contributed by atoms with Gasteiger partial charge in [0, 0.05) is 23.8 Å². The van der Waals surface area contributed by atoms with E-state index in [1.807, 2.05) is 0 Å². The van der Waals surface area contributed by atoms with Gasteiger partial charge >= 0.3 is 5.97 Å². The molecular weight excluding hydrogens is 443 g/mol. The van der Waals surface area contributed by atoms with Crippen molar-refractivity contribution in [2.75, 3.05) is 20.8 Å². The minimum atomic E-state index is -1.87. The molecule has 0 radical (unpaired) electrons. The number of nitrogens with zero attached hydrogens (tertiary/aromatic N) is 1. The van der Waals surface area contributed by atoms with Gasteiger partial charge in [-0.2, -0.15) is 8.78 Å². The minimum Gasteiger partial charge on any atom is -0.489 e. The maximum atomic E-state index is 12.1. The lowest BCUT2D eigenvalue weighted by atomic mass is 10.0. The van der Waals surface area contributed by atoms with E-state index in [-0.39, 0.29) is 34.7 Å². The highest BCUT2D eigenvalue weighted by molar-refractivity contribution is 6.43. The molecule has 0 spiro atoms. The van der Waals surface area contributed by atoms with Crippen molar-refractivity contribution >= 4 is 34.9 Å². The van der Waals surface area contributed by atoms with Crippen LogP contribution in [0.4, 0.5) is 8.78 Å². The first-order chi connectivity index (χ1) is 14.4. The molecule has 2 rings (SSSR count). The van der Waals surface area contributed by atoms with E-state index in [1.54, 1.807) is 24.3 Å². The summed E-state index contributed by atoms with van der Waals surface area (Å²) in [5, 5.41) is 3.92. The predicted octanol–water partition coefficient (Wildman–Crippen LogP) is 5.26. The third-order valence-corrected chi connectivity index (χ3v) is 4.23. The zero-order valence-electron chi connectivity index (χ0n) is 16.0. The Hall–Kier alpha value is -2.84. The van der Waals surface area contributed by atoms with Gasteiger partial charge in [0.1, 0.15) is 26.1 Å². The molecule has 0 aliphatic carbocycles. The predicted molar refractivity (Wildman–Crippen MR) is 109 cm³/mol. The number of hydrogen-bond acceptors (Lipinski definition) is 6. The number of rotatable bonds is 9. The molecule has 0 aliphatic rings. The van der Waals surface area contributed by atoms with Crippen molar-refractivity contribution in [3.63, 3.8) is 0 Å². The van der Waals surface area contributed by atoms with Crippen LogP contribution in [0.3, 0.4) is 0 Å². The number of carbonyl (C=O) groups is 1. The van der Waals surface area contributed by atoms with Crippen molar-refractivity contribution in [1.82, 2.24) is 0 Å². The fourth-order valence-corrected chi connectivity index (χ4v) is 2.94. The van der Waals surface area contributed by atoms with Gasteiger partial charge in [0.05, 0.1) is 17.2 Å². The lowest BCUT2D eigenvalue weighted by Crippen LogP contribution is -2.19. The third-order valence-electron chi connectivity index (χ3n) is 3.67. The van der Waals surface area contributed by atoms with Crippen LogP contribution in [0.25, 0.3) is 0 Å². The third kappa shape index (κ3) is 6.33. The number of benzene rings is 2. The van der Waals surface area contributed by atoms with Gasteiger partial charge in [-0.05, 0) is 5.56 Å². The van der Waals surface area contributed by atoms with Gasteiger partial charge in [0.2, 0.25) is 0 Å². The molecule has 0 fully saturated rings. The van der Waals surface area contributed by atoms with Gasteiger partial charge in [-0.1, -0.05) is 52.6 Å². The number of halogens is 4. The van der Waals surface area contributed by atoms with Crippen molar-refractivity contribution in [2.45, 2.75) is 6.61 Å². The summed E-state index contributed by atoms with van der Waals surface area (Å²) in [5.41, 5.74) is 1.06. The quantitative estimate of drug-likeness (QED) is 0.290. The number of ether oxygens (including phenoxy) is 3. The van der Waals surface area contributed by atoms with Crippen LogP contribution in [0.15, 0.2) is 53.7 Å². The second kappa shape index (κ2) is 11.4. The van der Waals surface area contributed by atoms with Crippen LogP contribution in [0.1, 0.15) is 11.1 Å². The van der Waals surface area contributed by atoms with Crippen LogP contribution < -0.4 is 9.47 Å². The average molecular weight is 460 g/mol. The Morgan fingerprint density at radius 1 is 1.10 bits per heavy atom. The first-order valence-corrected chi connectivity index (χ1v) is 9.16. The van der Waals surface area contributed by atoms with E-state index in [0.717, 1.165) is 0 Å². The molecule has 0 saturated heterocycles. The summed E-state index contributed by atoms with van der Waals surface area (Å²) in [4.78, 5) is 16.7. The lowest BCUT2D eigenvalue weighted by Gasteiger charge is -2.14. The molecule has 6 nitrogen and oxygen atoms in total. The van der Waals surface area contributed by atoms with E-state index in [1.165, 1.54) is 26.4 Å². The first kappa shape index (κ1) is 23.4. The van der Waals surface area contributed by atoms with E-state index >= 15 is 0 Å². The van der Waals surface area contributed by atoms with Crippen molar-refractivity contribution < 1.29 is 32.6 Å². The summed E-state index contributed by atoms with van der Waals surface area (Å²) in [7, 11) is 2.55. The minimum absolute atomic E-state index is 0.0211. The number of hydrogen-bond donors (Lipinski definition) is 0. The molecule has 10 heteroatoms. The molecule has 0 heterocycles. The van der Waals surface area contributed by atoms with Crippen LogP contribution in [0.2, 0.25) is 10.0 Å². The van der Waals surface area contributed by atoms with E-state index in [4.69, 9.17) is 42.3 Å². The smallest absolute Gasteiger partial charge is 0.360 e. The summed E-state index contributed by atoms with van der Waals surface area (Å²) in [6, 6.07) is 9.76. The Labute approximate surface area is 181 Å². The highest BCUT2D eigenvalue weighted by Crippen LogP contribution is 2.37. The molecular formula is C20H17Cl2F2NO5. The van der Waals surface area contributed by atoms with Gasteiger partial charge in [-0.15, -0.1) is 0 Å². The summed E-state index contributed by atoms with van der Waals surface area (Å²) in [6.07, 6.45) is -1.28. The zero-order valence-corrected chi connectivity index (χ0v) is 17.5. The fraction of sp³-hybridized carbons (Fsp3) is 0.200. The van der Waals surface area contributed by atoms with Crippen LogP contribution in [-0.2, 0) is 21.0 Å². The number of methoxy groups -OCH3 is 1. The highest BCUT2D eigenvalue weighted by Gasteiger charge is 2.19. The van der Waals surface area contributed by atoms with Crippen LogP contribution >= 0.6 is 23.2 Å². The topological polar surface area (TPSA) is 66.4 Å². The Bertz CT molecular complexity index is 939. The molecule has 0 unspecified atom stereocenters. The Morgan fingerprint density at radius 2 is 1.77 bits per heavy atom. The Morgan fingerprint density at radius 3 is 2.37 bits per heavy atom. The maximum absolute atomic E-state index is 12.1. The van der Waals surface area contributed by atoms with Crippen molar-refractivity contribution in [2.24, 2.45) is 5.16 Å². The van der Waals surface area contributed by atoms with Gasteiger partial charge in [-0.25, -0.2) is 4.79 Å². The largest absolute Gasteiger partial charge is 0.489 e. The summed E-state index contributed by atoms with van der Waals surface area (Å²) in [5.74, 6) is -0.304. The maximum Gasteiger partial charge on any atom is 0.360 e. The molecule has 2 aromatic carbocycles. The van der Waals surface area contributed by atoms with Gasteiger partial charge in [0.15, 0.2) is 11.5 Å². The molecule has 0 aliphatic heterocycles. The van der Waals surface area contributed by atoms with E-state index < -0.39 is 12.0 Å². The van der Waals surface area contributed by atoms with Gasteiger partial charge < -0.3 is 19.0 Å². The SMILES string of the molecule is CON=C(C(=O)OC)c1ccccc1COc1cc(Cl)c(OCC=C(F)F)c(Cl)c1. The van der Waals surface area contributed by atoms with E-state index in [9.17, 15) is 13.6 Å².